The highest BCUT2D eigenvalue weighted by Crippen LogP contribution is 2.45. The Bertz CT molecular complexity index is 203. The fraction of sp³-hybridized carbons (Fsp3) is 1.00. The van der Waals surface area contributed by atoms with E-state index in [9.17, 15) is 0 Å². The molecule has 1 aliphatic carbocycles. The predicted molar refractivity (Wildman–Crippen MR) is 63.9 cm³/mol. The van der Waals surface area contributed by atoms with Gasteiger partial charge in [-0.05, 0) is 38.6 Å². The minimum Gasteiger partial charge on any atom is -0.330 e. The van der Waals surface area contributed by atoms with Gasteiger partial charge in [-0.2, -0.15) is 0 Å². The van der Waals surface area contributed by atoms with Crippen molar-refractivity contribution >= 4 is 0 Å². The van der Waals surface area contributed by atoms with Crippen LogP contribution in [0.15, 0.2) is 0 Å². The van der Waals surface area contributed by atoms with Gasteiger partial charge in [0.1, 0.15) is 0 Å². The Morgan fingerprint density at radius 2 is 1.73 bits per heavy atom. The minimum atomic E-state index is 0.514. The van der Waals surface area contributed by atoms with Crippen molar-refractivity contribution in [3.05, 3.63) is 0 Å². The van der Waals surface area contributed by atoms with Crippen molar-refractivity contribution < 1.29 is 0 Å². The second-order valence-corrected chi connectivity index (χ2v) is 5.61. The molecule has 3 nitrogen and oxygen atoms in total. The SMILES string of the molecule is CC(C)N1CCN(CC2(CN)CC2)CC1. The van der Waals surface area contributed by atoms with E-state index in [-0.39, 0.29) is 0 Å². The molecule has 0 atom stereocenters. The van der Waals surface area contributed by atoms with Crippen molar-refractivity contribution in [2.45, 2.75) is 32.7 Å². The molecule has 3 heteroatoms. The summed E-state index contributed by atoms with van der Waals surface area (Å²) in [4.78, 5) is 5.18. The van der Waals surface area contributed by atoms with Gasteiger partial charge in [-0.15, -0.1) is 0 Å². The summed E-state index contributed by atoms with van der Waals surface area (Å²) in [5.41, 5.74) is 6.34. The molecule has 1 heterocycles. The average molecular weight is 211 g/mol. The summed E-state index contributed by atoms with van der Waals surface area (Å²) >= 11 is 0. The molecule has 2 aliphatic rings. The van der Waals surface area contributed by atoms with Crippen molar-refractivity contribution in [2.75, 3.05) is 39.3 Å². The lowest BCUT2D eigenvalue weighted by atomic mass is 10.1. The molecule has 0 bridgehead atoms. The number of nitrogens with two attached hydrogens (primary N) is 1. The second-order valence-electron chi connectivity index (χ2n) is 5.61. The van der Waals surface area contributed by atoms with E-state index in [2.05, 4.69) is 23.6 Å². The van der Waals surface area contributed by atoms with Crippen molar-refractivity contribution in [3.8, 4) is 0 Å². The Morgan fingerprint density at radius 3 is 2.13 bits per heavy atom. The number of piperazine rings is 1. The zero-order valence-electron chi connectivity index (χ0n) is 10.2. The Morgan fingerprint density at radius 1 is 1.13 bits per heavy atom. The van der Waals surface area contributed by atoms with Gasteiger partial charge in [-0.1, -0.05) is 0 Å². The molecule has 0 unspecified atom stereocenters. The highest BCUT2D eigenvalue weighted by molar-refractivity contribution is 4.97. The third-order valence-electron chi connectivity index (χ3n) is 4.09. The summed E-state index contributed by atoms with van der Waals surface area (Å²) in [7, 11) is 0. The molecule has 0 aromatic heterocycles. The minimum absolute atomic E-state index is 0.514. The zero-order valence-corrected chi connectivity index (χ0v) is 10.2. The van der Waals surface area contributed by atoms with Crippen molar-refractivity contribution in [3.63, 3.8) is 0 Å². The first-order valence-corrected chi connectivity index (χ1v) is 6.32. The maximum Gasteiger partial charge on any atom is 0.0113 e. The fourth-order valence-corrected chi connectivity index (χ4v) is 2.52. The van der Waals surface area contributed by atoms with E-state index in [1.54, 1.807) is 0 Å². The molecule has 0 amide bonds. The summed E-state index contributed by atoms with van der Waals surface area (Å²) in [6, 6.07) is 0.705. The topological polar surface area (TPSA) is 32.5 Å². The third kappa shape index (κ3) is 2.71. The van der Waals surface area contributed by atoms with Crippen LogP contribution in [0.5, 0.6) is 0 Å². The van der Waals surface area contributed by atoms with Crippen LogP contribution in [0.25, 0.3) is 0 Å². The first-order chi connectivity index (χ1) is 7.15. The summed E-state index contributed by atoms with van der Waals surface area (Å²) < 4.78 is 0. The summed E-state index contributed by atoms with van der Waals surface area (Å²) in [6.45, 7) is 11.7. The molecule has 2 fully saturated rings. The van der Waals surface area contributed by atoms with E-state index in [1.165, 1.54) is 45.6 Å². The zero-order chi connectivity index (χ0) is 10.9. The van der Waals surface area contributed by atoms with Crippen LogP contribution in [0.2, 0.25) is 0 Å². The largest absolute Gasteiger partial charge is 0.330 e. The molecule has 2 N–H and O–H groups in total. The van der Waals surface area contributed by atoms with Gasteiger partial charge in [0.05, 0.1) is 0 Å². The van der Waals surface area contributed by atoms with Gasteiger partial charge >= 0.3 is 0 Å². The molecular formula is C12H25N3. The smallest absolute Gasteiger partial charge is 0.0113 e. The number of hydrogen-bond acceptors (Lipinski definition) is 3. The second kappa shape index (κ2) is 4.40. The van der Waals surface area contributed by atoms with E-state index in [0.29, 0.717) is 11.5 Å². The van der Waals surface area contributed by atoms with Crippen molar-refractivity contribution in [1.82, 2.24) is 9.80 Å². The van der Waals surface area contributed by atoms with Crippen LogP contribution in [-0.4, -0.2) is 55.1 Å². The van der Waals surface area contributed by atoms with Crippen LogP contribution in [0.4, 0.5) is 0 Å². The van der Waals surface area contributed by atoms with E-state index < -0.39 is 0 Å². The van der Waals surface area contributed by atoms with Crippen LogP contribution in [0.1, 0.15) is 26.7 Å². The van der Waals surface area contributed by atoms with Crippen LogP contribution < -0.4 is 5.73 Å². The lowest BCUT2D eigenvalue weighted by molar-refractivity contribution is 0.0942. The van der Waals surface area contributed by atoms with Crippen LogP contribution in [0.3, 0.4) is 0 Å². The molecule has 0 radical (unpaired) electrons. The lowest BCUT2D eigenvalue weighted by Gasteiger charge is -2.38. The molecule has 88 valence electrons. The van der Waals surface area contributed by atoms with Crippen LogP contribution in [-0.2, 0) is 0 Å². The van der Waals surface area contributed by atoms with Gasteiger partial charge < -0.3 is 10.6 Å². The monoisotopic (exact) mass is 211 g/mol. The standard InChI is InChI=1S/C12H25N3/c1-11(2)15-7-5-14(6-8-15)10-12(9-13)3-4-12/h11H,3-10,13H2,1-2H3. The molecular weight excluding hydrogens is 186 g/mol. The highest BCUT2D eigenvalue weighted by atomic mass is 15.3. The Hall–Kier alpha value is -0.120. The Labute approximate surface area is 93.6 Å². The number of nitrogens with zero attached hydrogens (tertiary/aromatic N) is 2. The van der Waals surface area contributed by atoms with Crippen molar-refractivity contribution in [1.29, 1.82) is 0 Å². The highest BCUT2D eigenvalue weighted by Gasteiger charge is 2.42. The summed E-state index contributed by atoms with van der Waals surface area (Å²) in [5.74, 6) is 0. The average Bonchev–Trinajstić information content (AvgIpc) is 2.99. The van der Waals surface area contributed by atoms with Gasteiger partial charge in [0, 0.05) is 38.8 Å². The molecule has 0 aromatic rings. The number of hydrogen-bond donors (Lipinski definition) is 1. The van der Waals surface area contributed by atoms with Gasteiger partial charge in [0.15, 0.2) is 0 Å². The molecule has 0 aromatic carbocycles. The third-order valence-corrected chi connectivity index (χ3v) is 4.09. The first kappa shape index (κ1) is 11.4. The molecule has 1 saturated carbocycles. The number of rotatable bonds is 4. The van der Waals surface area contributed by atoms with Crippen LogP contribution >= 0.6 is 0 Å². The van der Waals surface area contributed by atoms with Crippen molar-refractivity contribution in [2.24, 2.45) is 11.1 Å². The van der Waals surface area contributed by atoms with Gasteiger partial charge in [0.2, 0.25) is 0 Å². The molecule has 1 saturated heterocycles. The molecule has 0 spiro atoms. The summed E-state index contributed by atoms with van der Waals surface area (Å²) in [5, 5.41) is 0. The van der Waals surface area contributed by atoms with Crippen LogP contribution in [0, 0.1) is 5.41 Å². The quantitative estimate of drug-likeness (QED) is 0.745. The Kier molecular flexibility index (Phi) is 3.33. The Balaban J connectivity index is 1.74. The van der Waals surface area contributed by atoms with Gasteiger partial charge in [-0.25, -0.2) is 0 Å². The predicted octanol–water partition coefficient (Wildman–Crippen LogP) is 0.751. The van der Waals surface area contributed by atoms with Gasteiger partial charge in [-0.3, -0.25) is 4.90 Å². The maximum absolute atomic E-state index is 5.82. The normalized spacial score (nSPS) is 27.2. The van der Waals surface area contributed by atoms with Gasteiger partial charge in [0.25, 0.3) is 0 Å². The molecule has 1 aliphatic heterocycles. The molecule has 2 rings (SSSR count). The van der Waals surface area contributed by atoms with E-state index in [4.69, 9.17) is 5.73 Å². The maximum atomic E-state index is 5.82. The lowest BCUT2D eigenvalue weighted by Crippen LogP contribution is -2.50. The first-order valence-electron chi connectivity index (χ1n) is 6.32. The fourth-order valence-electron chi connectivity index (χ4n) is 2.52. The summed E-state index contributed by atoms with van der Waals surface area (Å²) in [6.07, 6.45) is 2.71. The van der Waals surface area contributed by atoms with E-state index in [1.807, 2.05) is 0 Å². The van der Waals surface area contributed by atoms with E-state index in [0.717, 1.165) is 6.54 Å². The molecule has 15 heavy (non-hydrogen) atoms. The van der Waals surface area contributed by atoms with E-state index >= 15 is 0 Å².